The molecule has 3 aromatic rings. The molecule has 1 unspecified atom stereocenters. The standard InChI is InChI=1S/C24H26BFN2O6S/c1-35(31,32)28(11-14-10-25(30)33-13-14)12-17-8-21-20(9-19(17)15-2-3-15)22(24(27)29)23(34-21)16-4-6-18(26)7-5-16/h4-9,14-15,30H,2-3,10-13H2,1H3,(H2,27,29). The summed E-state index contributed by atoms with van der Waals surface area (Å²) < 4.78 is 51.4. The number of nitrogens with two attached hydrogens (primary N) is 1. The maximum absolute atomic E-state index is 13.5. The third-order valence-corrected chi connectivity index (χ3v) is 7.87. The van der Waals surface area contributed by atoms with Gasteiger partial charge < -0.3 is 19.8 Å². The van der Waals surface area contributed by atoms with Crippen LogP contribution in [-0.4, -0.2) is 50.2 Å². The molecule has 0 spiro atoms. The number of benzene rings is 2. The zero-order chi connectivity index (χ0) is 24.9. The van der Waals surface area contributed by atoms with Crippen molar-refractivity contribution in [3.63, 3.8) is 0 Å². The molecule has 184 valence electrons. The molecule has 1 amide bonds. The van der Waals surface area contributed by atoms with E-state index in [2.05, 4.69) is 0 Å². The second-order valence-electron chi connectivity index (χ2n) is 9.44. The first kappa shape index (κ1) is 24.0. The highest BCUT2D eigenvalue weighted by molar-refractivity contribution is 7.88. The van der Waals surface area contributed by atoms with Gasteiger partial charge in [0.15, 0.2) is 0 Å². The van der Waals surface area contributed by atoms with Gasteiger partial charge in [-0.15, -0.1) is 0 Å². The Morgan fingerprint density at radius 3 is 2.54 bits per heavy atom. The molecular formula is C24H26BFN2O6S. The van der Waals surface area contributed by atoms with Crippen LogP contribution in [0.5, 0.6) is 0 Å². The SMILES string of the molecule is CS(=O)(=O)N(Cc1cc2oc(-c3ccc(F)cc3)c(C(N)=O)c2cc1C1CC1)CC1COB(O)C1. The normalized spacial score (nSPS) is 18.6. The van der Waals surface area contributed by atoms with E-state index in [1.54, 1.807) is 6.07 Å². The zero-order valence-electron chi connectivity index (χ0n) is 19.2. The highest BCUT2D eigenvalue weighted by Gasteiger charge is 2.34. The molecule has 2 aliphatic rings. The highest BCUT2D eigenvalue weighted by Crippen LogP contribution is 2.45. The average Bonchev–Trinajstić information content (AvgIpc) is 3.44. The van der Waals surface area contributed by atoms with Gasteiger partial charge in [-0.05, 0) is 78.5 Å². The van der Waals surface area contributed by atoms with Crippen LogP contribution in [0.15, 0.2) is 40.8 Å². The molecule has 1 aliphatic heterocycles. The van der Waals surface area contributed by atoms with Crippen molar-refractivity contribution in [3.8, 4) is 11.3 Å². The number of sulfonamides is 1. The first-order valence-electron chi connectivity index (χ1n) is 11.5. The Morgan fingerprint density at radius 1 is 1.26 bits per heavy atom. The molecule has 0 radical (unpaired) electrons. The van der Waals surface area contributed by atoms with Crippen molar-refractivity contribution in [3.05, 3.63) is 58.9 Å². The third kappa shape index (κ3) is 4.99. The second-order valence-corrected chi connectivity index (χ2v) is 11.4. The number of hydrogen-bond acceptors (Lipinski definition) is 6. The largest absolute Gasteiger partial charge is 0.455 e. The fourth-order valence-corrected chi connectivity index (χ4v) is 5.61. The summed E-state index contributed by atoms with van der Waals surface area (Å²) in [7, 11) is -4.43. The monoisotopic (exact) mass is 500 g/mol. The lowest BCUT2D eigenvalue weighted by Gasteiger charge is -2.24. The molecular weight excluding hydrogens is 474 g/mol. The molecule has 3 N–H and O–H groups in total. The van der Waals surface area contributed by atoms with Crippen LogP contribution in [0.2, 0.25) is 6.32 Å². The molecule has 2 heterocycles. The molecule has 35 heavy (non-hydrogen) atoms. The van der Waals surface area contributed by atoms with Gasteiger partial charge in [-0.3, -0.25) is 4.79 Å². The number of amides is 1. The number of carbonyl (C=O) groups is 1. The van der Waals surface area contributed by atoms with Gasteiger partial charge >= 0.3 is 7.12 Å². The Balaban J connectivity index is 1.58. The Bertz CT molecular complexity index is 1390. The highest BCUT2D eigenvalue weighted by atomic mass is 32.2. The fourth-order valence-electron chi connectivity index (χ4n) is 4.75. The molecule has 11 heteroatoms. The number of furan rings is 1. The Labute approximate surface area is 203 Å². The van der Waals surface area contributed by atoms with E-state index < -0.39 is 28.9 Å². The van der Waals surface area contributed by atoms with Crippen molar-refractivity contribution in [1.82, 2.24) is 4.31 Å². The summed E-state index contributed by atoms with van der Waals surface area (Å²) in [6, 6.07) is 9.25. The van der Waals surface area contributed by atoms with Crippen molar-refractivity contribution in [2.75, 3.05) is 19.4 Å². The van der Waals surface area contributed by atoms with E-state index in [4.69, 9.17) is 14.8 Å². The molecule has 1 aliphatic carbocycles. The van der Waals surface area contributed by atoms with Crippen LogP contribution < -0.4 is 5.73 Å². The molecule has 1 aromatic heterocycles. The third-order valence-electron chi connectivity index (χ3n) is 6.66. The lowest BCUT2D eigenvalue weighted by molar-refractivity contribution is 0.100. The minimum Gasteiger partial charge on any atom is -0.455 e. The summed E-state index contributed by atoms with van der Waals surface area (Å²) in [4.78, 5) is 12.4. The average molecular weight is 500 g/mol. The smallest absolute Gasteiger partial charge is 0.454 e. The van der Waals surface area contributed by atoms with Crippen LogP contribution >= 0.6 is 0 Å². The molecule has 0 bridgehead atoms. The summed E-state index contributed by atoms with van der Waals surface area (Å²) in [6.45, 7) is 0.651. The lowest BCUT2D eigenvalue weighted by atomic mass is 9.82. The number of fused-ring (bicyclic) bond motifs is 1. The molecule has 8 nitrogen and oxygen atoms in total. The maximum Gasteiger partial charge on any atom is 0.454 e. The van der Waals surface area contributed by atoms with Gasteiger partial charge in [0.2, 0.25) is 10.0 Å². The Morgan fingerprint density at radius 2 is 1.97 bits per heavy atom. The van der Waals surface area contributed by atoms with Crippen molar-refractivity contribution in [2.45, 2.75) is 31.6 Å². The minimum absolute atomic E-state index is 0.108. The molecule has 2 aromatic carbocycles. The van der Waals surface area contributed by atoms with Crippen LogP contribution in [0.1, 0.15) is 40.2 Å². The molecule has 1 atom stereocenters. The molecule has 1 saturated heterocycles. The van der Waals surface area contributed by atoms with E-state index >= 15 is 0 Å². The van der Waals surface area contributed by atoms with Crippen LogP contribution in [0.3, 0.4) is 0 Å². The van der Waals surface area contributed by atoms with Crippen LogP contribution in [0.25, 0.3) is 22.3 Å². The van der Waals surface area contributed by atoms with Crippen LogP contribution in [0.4, 0.5) is 4.39 Å². The number of carbonyl (C=O) groups excluding carboxylic acids is 1. The first-order valence-corrected chi connectivity index (χ1v) is 13.3. The van der Waals surface area contributed by atoms with E-state index in [0.717, 1.165) is 24.0 Å². The summed E-state index contributed by atoms with van der Waals surface area (Å²) >= 11 is 0. The van der Waals surface area contributed by atoms with E-state index in [1.165, 1.54) is 34.8 Å². The lowest BCUT2D eigenvalue weighted by Crippen LogP contribution is -2.34. The number of halogens is 1. The minimum atomic E-state index is -3.55. The summed E-state index contributed by atoms with van der Waals surface area (Å²) in [5.41, 5.74) is 8.62. The second kappa shape index (κ2) is 9.05. The van der Waals surface area contributed by atoms with Gasteiger partial charge in [0, 0.05) is 30.6 Å². The van der Waals surface area contributed by atoms with Crippen molar-refractivity contribution in [2.24, 2.45) is 11.7 Å². The quantitative estimate of drug-likeness (QED) is 0.459. The Kier molecular flexibility index (Phi) is 6.20. The van der Waals surface area contributed by atoms with Gasteiger partial charge in [-0.2, -0.15) is 4.31 Å². The van der Waals surface area contributed by atoms with Gasteiger partial charge in [-0.25, -0.2) is 12.8 Å². The topological polar surface area (TPSA) is 123 Å². The fraction of sp³-hybridized carbons (Fsp3) is 0.375. The summed E-state index contributed by atoms with van der Waals surface area (Å²) in [5, 5.41) is 10.2. The van der Waals surface area contributed by atoms with E-state index in [9.17, 15) is 22.6 Å². The van der Waals surface area contributed by atoms with Crippen LogP contribution in [-0.2, 0) is 21.2 Å². The molecule has 2 fully saturated rings. The van der Waals surface area contributed by atoms with Gasteiger partial charge in [0.1, 0.15) is 17.2 Å². The van der Waals surface area contributed by atoms with Crippen LogP contribution in [0, 0.1) is 11.7 Å². The predicted octanol–water partition coefficient (Wildman–Crippen LogP) is 3.10. The van der Waals surface area contributed by atoms with Crippen molar-refractivity contribution < 1.29 is 31.7 Å². The number of hydrogen-bond donors (Lipinski definition) is 2. The Hall–Kier alpha value is -2.73. The summed E-state index contributed by atoms with van der Waals surface area (Å²) in [5.74, 6) is -0.663. The van der Waals surface area contributed by atoms with E-state index in [-0.39, 0.29) is 36.2 Å². The van der Waals surface area contributed by atoms with Gasteiger partial charge in [0.05, 0.1) is 11.8 Å². The molecule has 1 saturated carbocycles. The predicted molar refractivity (Wildman–Crippen MR) is 130 cm³/mol. The first-order chi connectivity index (χ1) is 16.6. The zero-order valence-corrected chi connectivity index (χ0v) is 20.1. The van der Waals surface area contributed by atoms with Gasteiger partial charge in [0.25, 0.3) is 5.91 Å². The van der Waals surface area contributed by atoms with Crippen molar-refractivity contribution in [1.29, 1.82) is 0 Å². The van der Waals surface area contributed by atoms with E-state index in [0.29, 0.717) is 29.5 Å². The van der Waals surface area contributed by atoms with E-state index in [1.807, 2.05) is 6.07 Å². The van der Waals surface area contributed by atoms with Gasteiger partial charge in [-0.1, -0.05) is 0 Å². The van der Waals surface area contributed by atoms with Crippen molar-refractivity contribution >= 4 is 34.0 Å². The summed E-state index contributed by atoms with van der Waals surface area (Å²) in [6.07, 6.45) is 3.48. The maximum atomic E-state index is 13.5. The molecule has 5 rings (SSSR count). The number of nitrogens with zero attached hydrogens (tertiary/aromatic N) is 1. The number of primary amides is 1. The number of rotatable bonds is 8.